The van der Waals surface area contributed by atoms with Gasteiger partial charge in [0, 0.05) is 13.5 Å². The van der Waals surface area contributed by atoms with E-state index in [1.807, 2.05) is 6.92 Å². The first-order chi connectivity index (χ1) is 7.63. The Morgan fingerprint density at radius 1 is 1.69 bits per heavy atom. The minimum absolute atomic E-state index is 0.0363. The third-order valence-electron chi connectivity index (χ3n) is 2.77. The van der Waals surface area contributed by atoms with Crippen molar-refractivity contribution >= 4 is 5.78 Å². The average Bonchev–Trinajstić information content (AvgIpc) is 2.67. The van der Waals surface area contributed by atoms with Crippen LogP contribution in [0.3, 0.4) is 0 Å². The van der Waals surface area contributed by atoms with E-state index in [0.717, 1.165) is 6.42 Å². The van der Waals surface area contributed by atoms with Gasteiger partial charge in [0.15, 0.2) is 11.5 Å². The fraction of sp³-hybridized carbons (Fsp3) is 0.636. The van der Waals surface area contributed by atoms with Crippen molar-refractivity contribution in [1.29, 1.82) is 0 Å². The minimum atomic E-state index is 0.0363. The number of nitrogens with two attached hydrogens (primary N) is 1. The first-order valence-electron chi connectivity index (χ1n) is 5.43. The van der Waals surface area contributed by atoms with Gasteiger partial charge in [-0.05, 0) is 12.5 Å². The SMILES string of the molecule is CCC(CN)CC(=O)c1c(OC)cnn1C. The number of aryl methyl sites for hydroxylation is 1. The van der Waals surface area contributed by atoms with Gasteiger partial charge in [0.2, 0.25) is 0 Å². The number of methoxy groups -OCH3 is 1. The van der Waals surface area contributed by atoms with Crippen molar-refractivity contribution in [1.82, 2.24) is 9.78 Å². The smallest absolute Gasteiger partial charge is 0.184 e. The minimum Gasteiger partial charge on any atom is -0.493 e. The zero-order valence-electron chi connectivity index (χ0n) is 10.1. The summed E-state index contributed by atoms with van der Waals surface area (Å²) >= 11 is 0. The van der Waals surface area contributed by atoms with Crippen molar-refractivity contribution in [3.05, 3.63) is 11.9 Å². The van der Waals surface area contributed by atoms with E-state index in [2.05, 4.69) is 5.10 Å². The molecule has 90 valence electrons. The molecule has 1 rings (SSSR count). The summed E-state index contributed by atoms with van der Waals surface area (Å²) in [5.41, 5.74) is 6.11. The maximum Gasteiger partial charge on any atom is 0.184 e. The topological polar surface area (TPSA) is 70.1 Å². The highest BCUT2D eigenvalue weighted by atomic mass is 16.5. The summed E-state index contributed by atoms with van der Waals surface area (Å²) in [6.07, 6.45) is 2.90. The van der Waals surface area contributed by atoms with Gasteiger partial charge in [-0.15, -0.1) is 0 Å². The van der Waals surface area contributed by atoms with Gasteiger partial charge in [-0.25, -0.2) is 0 Å². The van der Waals surface area contributed by atoms with Crippen LogP contribution >= 0.6 is 0 Å². The first-order valence-corrected chi connectivity index (χ1v) is 5.43. The molecule has 1 aromatic rings. The number of ether oxygens (including phenoxy) is 1. The van der Waals surface area contributed by atoms with Crippen molar-refractivity contribution in [2.24, 2.45) is 18.7 Å². The molecule has 5 heteroatoms. The third-order valence-corrected chi connectivity index (χ3v) is 2.77. The van der Waals surface area contributed by atoms with Crippen LogP contribution in [0.15, 0.2) is 6.20 Å². The molecule has 2 N–H and O–H groups in total. The van der Waals surface area contributed by atoms with E-state index in [1.165, 1.54) is 7.11 Å². The molecule has 0 aromatic carbocycles. The van der Waals surface area contributed by atoms with Gasteiger partial charge in [0.05, 0.1) is 13.3 Å². The van der Waals surface area contributed by atoms with Crippen LogP contribution in [0.25, 0.3) is 0 Å². The van der Waals surface area contributed by atoms with Crippen LogP contribution in [0.1, 0.15) is 30.3 Å². The predicted molar refractivity (Wildman–Crippen MR) is 61.5 cm³/mol. The summed E-state index contributed by atoms with van der Waals surface area (Å²) in [7, 11) is 3.27. The lowest BCUT2D eigenvalue weighted by atomic mass is 9.98. The normalized spacial score (nSPS) is 12.5. The van der Waals surface area contributed by atoms with Crippen LogP contribution in [0.5, 0.6) is 5.75 Å². The van der Waals surface area contributed by atoms with E-state index < -0.39 is 0 Å². The molecule has 0 saturated heterocycles. The molecule has 0 aliphatic rings. The van der Waals surface area contributed by atoms with Gasteiger partial charge >= 0.3 is 0 Å². The summed E-state index contributed by atoms with van der Waals surface area (Å²) in [4.78, 5) is 12.0. The molecule has 0 aliphatic carbocycles. The monoisotopic (exact) mass is 225 g/mol. The number of hydrogen-bond acceptors (Lipinski definition) is 4. The molecule has 0 fully saturated rings. The highest BCUT2D eigenvalue weighted by molar-refractivity contribution is 5.97. The van der Waals surface area contributed by atoms with Crippen molar-refractivity contribution < 1.29 is 9.53 Å². The van der Waals surface area contributed by atoms with Crippen LogP contribution in [-0.4, -0.2) is 29.2 Å². The average molecular weight is 225 g/mol. The van der Waals surface area contributed by atoms with Crippen molar-refractivity contribution in [2.75, 3.05) is 13.7 Å². The Balaban J connectivity index is 2.83. The van der Waals surface area contributed by atoms with Gasteiger partial charge < -0.3 is 10.5 Å². The van der Waals surface area contributed by atoms with Crippen molar-refractivity contribution in [3.63, 3.8) is 0 Å². The number of rotatable bonds is 6. The highest BCUT2D eigenvalue weighted by Gasteiger charge is 2.20. The molecule has 0 radical (unpaired) electrons. The molecule has 1 aromatic heterocycles. The lowest BCUT2D eigenvalue weighted by Crippen LogP contribution is -2.19. The molecular formula is C11H19N3O2. The second kappa shape index (κ2) is 5.65. The molecule has 0 amide bonds. The molecule has 16 heavy (non-hydrogen) atoms. The van der Waals surface area contributed by atoms with Crippen LogP contribution in [0, 0.1) is 5.92 Å². The van der Waals surface area contributed by atoms with Crippen molar-refractivity contribution in [2.45, 2.75) is 19.8 Å². The Bertz CT molecular complexity index is 356. The fourth-order valence-electron chi connectivity index (χ4n) is 1.64. The van der Waals surface area contributed by atoms with Crippen molar-refractivity contribution in [3.8, 4) is 5.75 Å². The molecule has 1 heterocycles. The van der Waals surface area contributed by atoms with Crippen LogP contribution in [-0.2, 0) is 7.05 Å². The molecule has 1 unspecified atom stereocenters. The van der Waals surface area contributed by atoms with E-state index in [0.29, 0.717) is 24.4 Å². The summed E-state index contributed by atoms with van der Waals surface area (Å²) in [5, 5.41) is 4.01. The number of carbonyl (C=O) groups excluding carboxylic acids is 1. The van der Waals surface area contributed by atoms with Gasteiger partial charge in [-0.3, -0.25) is 9.48 Å². The second-order valence-corrected chi connectivity index (χ2v) is 3.82. The predicted octanol–water partition coefficient (Wildman–Crippen LogP) is 0.986. The molecule has 0 spiro atoms. The zero-order valence-corrected chi connectivity index (χ0v) is 10.1. The number of Topliss-reactive ketones (excluding diaryl/α,β-unsaturated/α-hetero) is 1. The maximum absolute atomic E-state index is 12.0. The lowest BCUT2D eigenvalue weighted by molar-refractivity contribution is 0.0949. The quantitative estimate of drug-likeness (QED) is 0.733. The maximum atomic E-state index is 12.0. The summed E-state index contributed by atoms with van der Waals surface area (Å²) in [6, 6.07) is 0. The molecule has 0 saturated carbocycles. The Hall–Kier alpha value is -1.36. The Labute approximate surface area is 95.6 Å². The van der Waals surface area contributed by atoms with Gasteiger partial charge in [0.25, 0.3) is 0 Å². The van der Waals surface area contributed by atoms with Crippen LogP contribution in [0.2, 0.25) is 0 Å². The number of ketones is 1. The highest BCUT2D eigenvalue weighted by Crippen LogP contribution is 2.20. The lowest BCUT2D eigenvalue weighted by Gasteiger charge is -2.11. The van der Waals surface area contributed by atoms with Crippen LogP contribution < -0.4 is 10.5 Å². The van der Waals surface area contributed by atoms with E-state index >= 15 is 0 Å². The largest absolute Gasteiger partial charge is 0.493 e. The number of hydrogen-bond donors (Lipinski definition) is 1. The fourth-order valence-corrected chi connectivity index (χ4v) is 1.64. The van der Waals surface area contributed by atoms with Gasteiger partial charge in [0.1, 0.15) is 5.69 Å². The van der Waals surface area contributed by atoms with E-state index in [1.54, 1.807) is 17.9 Å². The van der Waals surface area contributed by atoms with Gasteiger partial charge in [-0.1, -0.05) is 13.3 Å². The van der Waals surface area contributed by atoms with Crippen LogP contribution in [0.4, 0.5) is 0 Å². The number of carbonyl (C=O) groups is 1. The van der Waals surface area contributed by atoms with Gasteiger partial charge in [-0.2, -0.15) is 5.10 Å². The Kier molecular flexibility index (Phi) is 4.49. The zero-order chi connectivity index (χ0) is 12.1. The number of aromatic nitrogens is 2. The molecule has 1 atom stereocenters. The molecule has 5 nitrogen and oxygen atoms in total. The first kappa shape index (κ1) is 12.7. The van der Waals surface area contributed by atoms with E-state index in [-0.39, 0.29) is 11.7 Å². The standard InChI is InChI=1S/C11H19N3O2/c1-4-8(6-12)5-9(15)11-10(16-3)7-13-14(11)2/h7-8H,4-6,12H2,1-3H3. The molecular weight excluding hydrogens is 206 g/mol. The summed E-state index contributed by atoms with van der Waals surface area (Å²) in [6.45, 7) is 2.56. The number of nitrogens with zero attached hydrogens (tertiary/aromatic N) is 2. The van der Waals surface area contributed by atoms with E-state index in [4.69, 9.17) is 10.5 Å². The Morgan fingerprint density at radius 2 is 2.38 bits per heavy atom. The Morgan fingerprint density at radius 3 is 2.88 bits per heavy atom. The second-order valence-electron chi connectivity index (χ2n) is 3.82. The summed E-state index contributed by atoms with van der Waals surface area (Å²) in [5.74, 6) is 0.792. The molecule has 0 aliphatic heterocycles. The molecule has 0 bridgehead atoms. The third kappa shape index (κ3) is 2.61. The van der Waals surface area contributed by atoms with E-state index in [9.17, 15) is 4.79 Å². The summed E-state index contributed by atoms with van der Waals surface area (Å²) < 4.78 is 6.65.